The number of hydrogen-bond donors (Lipinski definition) is 0. The van der Waals surface area contributed by atoms with Crippen molar-refractivity contribution in [1.82, 2.24) is 9.88 Å². The van der Waals surface area contributed by atoms with Crippen LogP contribution in [0.15, 0.2) is 54.6 Å². The number of fused-ring (bicyclic) bond motifs is 1. The molecule has 25 heavy (non-hydrogen) atoms. The smallest absolute Gasteiger partial charge is 0.254 e. The van der Waals surface area contributed by atoms with Crippen molar-refractivity contribution in [3.63, 3.8) is 0 Å². The topological polar surface area (TPSA) is 42.4 Å². The largest absolute Gasteiger partial charge is 0.471 e. The van der Waals surface area contributed by atoms with E-state index in [4.69, 9.17) is 4.74 Å². The molecule has 126 valence electrons. The van der Waals surface area contributed by atoms with Gasteiger partial charge in [0.1, 0.15) is 6.10 Å². The zero-order chi connectivity index (χ0) is 17.4. The molecule has 0 radical (unpaired) electrons. The summed E-state index contributed by atoms with van der Waals surface area (Å²) in [7, 11) is 0. The number of benzene rings is 2. The molecule has 2 heterocycles. The van der Waals surface area contributed by atoms with Crippen molar-refractivity contribution in [1.29, 1.82) is 0 Å². The van der Waals surface area contributed by atoms with Crippen LogP contribution in [0.1, 0.15) is 10.4 Å². The van der Waals surface area contributed by atoms with Gasteiger partial charge >= 0.3 is 0 Å². The van der Waals surface area contributed by atoms with Gasteiger partial charge < -0.3 is 9.64 Å². The Morgan fingerprint density at radius 2 is 1.84 bits per heavy atom. The highest BCUT2D eigenvalue weighted by molar-refractivity contribution is 5.94. The second kappa shape index (κ2) is 6.12. The lowest BCUT2D eigenvalue weighted by Crippen LogP contribution is -2.56. The number of ether oxygens (including phenoxy) is 1. The van der Waals surface area contributed by atoms with Gasteiger partial charge in [0.15, 0.2) is 11.6 Å². The van der Waals surface area contributed by atoms with E-state index in [1.54, 1.807) is 6.07 Å². The summed E-state index contributed by atoms with van der Waals surface area (Å²) in [6.45, 7) is 0.763. The van der Waals surface area contributed by atoms with Gasteiger partial charge in [-0.15, -0.1) is 0 Å². The lowest BCUT2D eigenvalue weighted by Gasteiger charge is -2.38. The maximum atomic E-state index is 13.2. The molecule has 0 spiro atoms. The highest BCUT2D eigenvalue weighted by Gasteiger charge is 2.33. The molecule has 1 amide bonds. The summed E-state index contributed by atoms with van der Waals surface area (Å²) in [6.07, 6.45) is -0.164. The fourth-order valence-electron chi connectivity index (χ4n) is 2.77. The SMILES string of the molecule is O=C(c1ccc(F)c(F)c1)N1CC(Oc2ccc3ccccc3n2)C1. The molecular formula is C19H14F2N2O2. The Kier molecular flexibility index (Phi) is 3.80. The summed E-state index contributed by atoms with van der Waals surface area (Å²) in [5.41, 5.74) is 0.968. The fourth-order valence-corrected chi connectivity index (χ4v) is 2.77. The number of carbonyl (C=O) groups is 1. The number of carbonyl (C=O) groups excluding carboxylic acids is 1. The van der Waals surface area contributed by atoms with Gasteiger partial charge in [-0.1, -0.05) is 18.2 Å². The standard InChI is InChI=1S/C19H14F2N2O2/c20-15-7-5-13(9-16(15)21)19(24)23-10-14(11-23)25-18-8-6-12-3-1-2-4-17(12)22-18/h1-9,14H,10-11H2. The molecule has 1 aromatic heterocycles. The van der Waals surface area contributed by atoms with E-state index in [-0.39, 0.29) is 17.6 Å². The Hall–Kier alpha value is -3.02. The van der Waals surface area contributed by atoms with Crippen molar-refractivity contribution >= 4 is 16.8 Å². The quantitative estimate of drug-likeness (QED) is 0.734. The number of pyridine rings is 1. The minimum atomic E-state index is -1.03. The zero-order valence-corrected chi connectivity index (χ0v) is 13.2. The van der Waals surface area contributed by atoms with Gasteiger partial charge in [-0.05, 0) is 30.3 Å². The van der Waals surface area contributed by atoms with Gasteiger partial charge in [0.25, 0.3) is 5.91 Å². The van der Waals surface area contributed by atoms with E-state index >= 15 is 0 Å². The Morgan fingerprint density at radius 3 is 2.64 bits per heavy atom. The number of likely N-dealkylation sites (tertiary alicyclic amines) is 1. The summed E-state index contributed by atoms with van der Waals surface area (Å²) in [5, 5.41) is 1.03. The molecule has 4 nitrogen and oxygen atoms in total. The van der Waals surface area contributed by atoms with E-state index in [0.717, 1.165) is 23.0 Å². The number of hydrogen-bond acceptors (Lipinski definition) is 3. The van der Waals surface area contributed by atoms with Crippen LogP contribution in [-0.4, -0.2) is 35.0 Å². The Bertz CT molecular complexity index is 955. The third-order valence-corrected chi connectivity index (χ3v) is 4.16. The Balaban J connectivity index is 1.39. The number of aromatic nitrogens is 1. The predicted molar refractivity (Wildman–Crippen MR) is 88.4 cm³/mol. The van der Waals surface area contributed by atoms with Crippen molar-refractivity contribution in [2.45, 2.75) is 6.10 Å². The van der Waals surface area contributed by atoms with Gasteiger partial charge in [0, 0.05) is 17.0 Å². The molecule has 6 heteroatoms. The number of halogens is 2. The van der Waals surface area contributed by atoms with E-state index in [9.17, 15) is 13.6 Å². The molecule has 0 N–H and O–H groups in total. The minimum absolute atomic E-state index is 0.126. The average Bonchev–Trinajstić information content (AvgIpc) is 2.59. The van der Waals surface area contributed by atoms with Gasteiger partial charge in [-0.2, -0.15) is 0 Å². The molecule has 0 saturated carbocycles. The molecule has 1 fully saturated rings. The van der Waals surface area contributed by atoms with Gasteiger partial charge in [0.05, 0.1) is 18.6 Å². The van der Waals surface area contributed by atoms with Crippen LogP contribution in [-0.2, 0) is 0 Å². The van der Waals surface area contributed by atoms with E-state index < -0.39 is 11.6 Å². The maximum Gasteiger partial charge on any atom is 0.254 e. The van der Waals surface area contributed by atoms with Crippen molar-refractivity contribution in [2.24, 2.45) is 0 Å². The first kappa shape index (κ1) is 15.5. The maximum absolute atomic E-state index is 13.2. The van der Waals surface area contributed by atoms with Crippen LogP contribution in [0.4, 0.5) is 8.78 Å². The minimum Gasteiger partial charge on any atom is -0.471 e. The molecule has 2 aromatic carbocycles. The van der Waals surface area contributed by atoms with Crippen molar-refractivity contribution in [3.05, 3.63) is 71.8 Å². The van der Waals surface area contributed by atoms with Gasteiger partial charge in [0.2, 0.25) is 5.88 Å². The van der Waals surface area contributed by atoms with Crippen molar-refractivity contribution in [3.8, 4) is 5.88 Å². The van der Waals surface area contributed by atoms with Crippen molar-refractivity contribution < 1.29 is 18.3 Å². The van der Waals surface area contributed by atoms with Crippen LogP contribution >= 0.6 is 0 Å². The number of nitrogens with zero attached hydrogens (tertiary/aromatic N) is 2. The van der Waals surface area contributed by atoms with E-state index in [1.807, 2.05) is 30.3 Å². The predicted octanol–water partition coefficient (Wildman–Crippen LogP) is 3.42. The number of amides is 1. The molecule has 0 aliphatic carbocycles. The second-order valence-corrected chi connectivity index (χ2v) is 5.92. The third kappa shape index (κ3) is 3.03. The first-order valence-electron chi connectivity index (χ1n) is 7.87. The summed E-state index contributed by atoms with van der Waals surface area (Å²) in [6, 6.07) is 14.6. The molecule has 0 atom stereocenters. The lowest BCUT2D eigenvalue weighted by molar-refractivity contribution is 0.0161. The Morgan fingerprint density at radius 1 is 1.04 bits per heavy atom. The Labute approximate surface area is 142 Å². The molecule has 0 bridgehead atoms. The summed E-state index contributed by atoms with van der Waals surface area (Å²) >= 11 is 0. The van der Waals surface area contributed by atoms with E-state index in [0.29, 0.717) is 19.0 Å². The summed E-state index contributed by atoms with van der Waals surface area (Å²) in [5.74, 6) is -1.84. The van der Waals surface area contributed by atoms with Crippen LogP contribution in [0, 0.1) is 11.6 Å². The fraction of sp³-hybridized carbons (Fsp3) is 0.158. The molecule has 1 aliphatic heterocycles. The highest BCUT2D eigenvalue weighted by atomic mass is 19.2. The summed E-state index contributed by atoms with van der Waals surface area (Å²) in [4.78, 5) is 18.2. The van der Waals surface area contributed by atoms with Crippen molar-refractivity contribution in [2.75, 3.05) is 13.1 Å². The van der Waals surface area contributed by atoms with Crippen LogP contribution in [0.5, 0.6) is 5.88 Å². The van der Waals surface area contributed by atoms with E-state index in [2.05, 4.69) is 4.98 Å². The van der Waals surface area contributed by atoms with Crippen LogP contribution in [0.2, 0.25) is 0 Å². The first-order chi connectivity index (χ1) is 12.1. The molecule has 0 unspecified atom stereocenters. The molecule has 1 aliphatic rings. The number of para-hydroxylation sites is 1. The monoisotopic (exact) mass is 340 g/mol. The zero-order valence-electron chi connectivity index (χ0n) is 13.2. The second-order valence-electron chi connectivity index (χ2n) is 5.92. The van der Waals surface area contributed by atoms with Gasteiger partial charge in [-0.25, -0.2) is 13.8 Å². The average molecular weight is 340 g/mol. The molecule has 1 saturated heterocycles. The first-order valence-corrected chi connectivity index (χ1v) is 7.87. The third-order valence-electron chi connectivity index (χ3n) is 4.16. The highest BCUT2D eigenvalue weighted by Crippen LogP contribution is 2.21. The summed E-state index contributed by atoms with van der Waals surface area (Å²) < 4.78 is 32.0. The molecule has 4 rings (SSSR count). The van der Waals surface area contributed by atoms with E-state index in [1.165, 1.54) is 11.0 Å². The van der Waals surface area contributed by atoms with Crippen LogP contribution in [0.25, 0.3) is 10.9 Å². The molecular weight excluding hydrogens is 326 g/mol. The lowest BCUT2D eigenvalue weighted by atomic mass is 10.1. The normalized spacial score (nSPS) is 14.4. The van der Waals surface area contributed by atoms with Gasteiger partial charge in [-0.3, -0.25) is 4.79 Å². The van der Waals surface area contributed by atoms with Crippen LogP contribution < -0.4 is 4.74 Å². The number of rotatable bonds is 3. The van der Waals surface area contributed by atoms with Crippen LogP contribution in [0.3, 0.4) is 0 Å². The molecule has 3 aromatic rings.